The van der Waals surface area contributed by atoms with E-state index in [0.29, 0.717) is 0 Å². The van der Waals surface area contributed by atoms with E-state index in [2.05, 4.69) is 4.72 Å². The average molecular weight is 303 g/mol. The molecule has 0 bridgehead atoms. The number of rotatable bonds is 6. The van der Waals surface area contributed by atoms with Crippen LogP contribution in [0.5, 0.6) is 0 Å². The molecule has 0 aliphatic heterocycles. The molecule has 112 valence electrons. The second kappa shape index (κ2) is 5.73. The van der Waals surface area contributed by atoms with Gasteiger partial charge in [-0.25, -0.2) is 13.1 Å². The van der Waals surface area contributed by atoms with E-state index >= 15 is 0 Å². The van der Waals surface area contributed by atoms with E-state index in [1.54, 1.807) is 13.8 Å². The van der Waals surface area contributed by atoms with Gasteiger partial charge in [-0.05, 0) is 26.0 Å². The standard InChI is InChI=1S/C11H17N3O5S/c1-11(2,19-3)7-13-20(17,18)10-6-8(12)4-5-9(10)14(15)16/h4-6,13H,7,12H2,1-3H3. The Morgan fingerprint density at radius 1 is 1.45 bits per heavy atom. The first kappa shape index (κ1) is 16.3. The number of benzene rings is 1. The van der Waals surface area contributed by atoms with Gasteiger partial charge in [0.2, 0.25) is 10.0 Å². The highest BCUT2D eigenvalue weighted by molar-refractivity contribution is 7.89. The Labute approximate surface area is 117 Å². The summed E-state index contributed by atoms with van der Waals surface area (Å²) in [6.07, 6.45) is 0. The molecule has 3 N–H and O–H groups in total. The lowest BCUT2D eigenvalue weighted by atomic mass is 10.1. The van der Waals surface area contributed by atoms with Crippen LogP contribution in [-0.2, 0) is 14.8 Å². The topological polar surface area (TPSA) is 125 Å². The van der Waals surface area contributed by atoms with Gasteiger partial charge in [0, 0.05) is 25.4 Å². The highest BCUT2D eigenvalue weighted by Crippen LogP contribution is 2.26. The van der Waals surface area contributed by atoms with Gasteiger partial charge in [0.05, 0.1) is 10.5 Å². The number of nitrogen functional groups attached to an aromatic ring is 1. The molecule has 20 heavy (non-hydrogen) atoms. The van der Waals surface area contributed by atoms with E-state index < -0.39 is 31.1 Å². The largest absolute Gasteiger partial charge is 0.399 e. The van der Waals surface area contributed by atoms with Crippen LogP contribution in [0.4, 0.5) is 11.4 Å². The minimum Gasteiger partial charge on any atom is -0.399 e. The first-order valence-corrected chi connectivity index (χ1v) is 7.16. The summed E-state index contributed by atoms with van der Waals surface area (Å²) in [4.78, 5) is 9.65. The molecular weight excluding hydrogens is 286 g/mol. The second-order valence-electron chi connectivity index (χ2n) is 4.77. The van der Waals surface area contributed by atoms with Crippen molar-refractivity contribution in [3.63, 3.8) is 0 Å². The molecule has 0 spiro atoms. The number of nitro benzene ring substituents is 1. The fraction of sp³-hybridized carbons (Fsp3) is 0.455. The monoisotopic (exact) mass is 303 g/mol. The number of nitrogens with one attached hydrogen (secondary N) is 1. The van der Waals surface area contributed by atoms with Crippen LogP contribution in [-0.4, -0.2) is 32.6 Å². The van der Waals surface area contributed by atoms with Crippen LogP contribution in [0.3, 0.4) is 0 Å². The highest BCUT2D eigenvalue weighted by atomic mass is 32.2. The predicted octanol–water partition coefficient (Wildman–Crippen LogP) is 0.880. The van der Waals surface area contributed by atoms with Gasteiger partial charge in [0.15, 0.2) is 4.90 Å². The molecule has 0 saturated carbocycles. The third-order valence-electron chi connectivity index (χ3n) is 2.71. The summed E-state index contributed by atoms with van der Waals surface area (Å²) in [6.45, 7) is 3.34. The molecular formula is C11H17N3O5S. The minimum atomic E-state index is -4.05. The minimum absolute atomic E-state index is 0.0300. The van der Waals surface area contributed by atoms with E-state index in [4.69, 9.17) is 10.5 Å². The third kappa shape index (κ3) is 3.89. The van der Waals surface area contributed by atoms with Crippen molar-refractivity contribution in [2.24, 2.45) is 0 Å². The molecule has 0 unspecified atom stereocenters. The molecule has 0 saturated heterocycles. The molecule has 1 aromatic carbocycles. The Balaban J connectivity index is 3.16. The lowest BCUT2D eigenvalue weighted by Gasteiger charge is -2.23. The van der Waals surface area contributed by atoms with Crippen LogP contribution in [0.2, 0.25) is 0 Å². The normalized spacial score (nSPS) is 12.3. The molecule has 0 fully saturated rings. The molecule has 8 nitrogen and oxygen atoms in total. The van der Waals surface area contributed by atoms with Crippen LogP contribution in [0, 0.1) is 10.1 Å². The van der Waals surface area contributed by atoms with E-state index in [-0.39, 0.29) is 12.2 Å². The third-order valence-corrected chi connectivity index (χ3v) is 4.14. The summed E-state index contributed by atoms with van der Waals surface area (Å²) in [6, 6.07) is 3.39. The Morgan fingerprint density at radius 2 is 2.05 bits per heavy atom. The van der Waals surface area contributed by atoms with Crippen molar-refractivity contribution in [2.75, 3.05) is 19.4 Å². The summed E-state index contributed by atoms with van der Waals surface area (Å²) in [7, 11) is -2.61. The molecule has 1 rings (SSSR count). The van der Waals surface area contributed by atoms with Crippen LogP contribution >= 0.6 is 0 Å². The van der Waals surface area contributed by atoms with E-state index in [1.807, 2.05) is 0 Å². The molecule has 0 atom stereocenters. The van der Waals surface area contributed by atoms with Gasteiger partial charge in [-0.3, -0.25) is 10.1 Å². The van der Waals surface area contributed by atoms with Gasteiger partial charge in [0.1, 0.15) is 0 Å². The fourth-order valence-electron chi connectivity index (χ4n) is 1.32. The van der Waals surface area contributed by atoms with Crippen molar-refractivity contribution < 1.29 is 18.1 Å². The Bertz CT molecular complexity index is 612. The number of ether oxygens (including phenoxy) is 1. The number of nitro groups is 1. The number of hydrogen-bond acceptors (Lipinski definition) is 6. The molecule has 1 aromatic rings. The maximum absolute atomic E-state index is 12.1. The highest BCUT2D eigenvalue weighted by Gasteiger charge is 2.28. The molecule has 0 amide bonds. The Morgan fingerprint density at radius 3 is 2.55 bits per heavy atom. The number of sulfonamides is 1. The zero-order valence-electron chi connectivity index (χ0n) is 11.4. The van der Waals surface area contributed by atoms with Crippen molar-refractivity contribution in [3.05, 3.63) is 28.3 Å². The lowest BCUT2D eigenvalue weighted by Crippen LogP contribution is -2.39. The summed E-state index contributed by atoms with van der Waals surface area (Å²) < 4.78 is 31.7. The smallest absolute Gasteiger partial charge is 0.289 e. The van der Waals surface area contributed by atoms with E-state index in [0.717, 1.165) is 12.1 Å². The van der Waals surface area contributed by atoms with E-state index in [9.17, 15) is 18.5 Å². The molecule has 0 aliphatic rings. The number of nitrogens with zero attached hydrogens (tertiary/aromatic N) is 1. The first-order chi connectivity index (χ1) is 9.09. The van der Waals surface area contributed by atoms with Crippen LogP contribution < -0.4 is 10.5 Å². The summed E-state index contributed by atoms with van der Waals surface area (Å²) in [5.74, 6) is 0. The first-order valence-electron chi connectivity index (χ1n) is 5.68. The van der Waals surface area contributed by atoms with Gasteiger partial charge in [0.25, 0.3) is 5.69 Å². The van der Waals surface area contributed by atoms with Gasteiger partial charge in [-0.15, -0.1) is 0 Å². The van der Waals surface area contributed by atoms with Crippen molar-refractivity contribution in [3.8, 4) is 0 Å². The summed E-state index contributed by atoms with van der Waals surface area (Å²) >= 11 is 0. The zero-order valence-corrected chi connectivity index (χ0v) is 12.2. The molecule has 0 aliphatic carbocycles. The zero-order chi connectivity index (χ0) is 15.6. The van der Waals surface area contributed by atoms with E-state index in [1.165, 1.54) is 13.2 Å². The Kier molecular flexibility index (Phi) is 4.69. The number of hydrogen-bond donors (Lipinski definition) is 2. The van der Waals surface area contributed by atoms with Crippen molar-refractivity contribution in [1.29, 1.82) is 0 Å². The fourth-order valence-corrected chi connectivity index (χ4v) is 2.72. The van der Waals surface area contributed by atoms with Gasteiger partial charge in [-0.2, -0.15) is 0 Å². The van der Waals surface area contributed by atoms with Crippen molar-refractivity contribution >= 4 is 21.4 Å². The molecule has 9 heteroatoms. The predicted molar refractivity (Wildman–Crippen MR) is 73.8 cm³/mol. The molecule has 0 heterocycles. The lowest BCUT2D eigenvalue weighted by molar-refractivity contribution is -0.387. The van der Waals surface area contributed by atoms with Gasteiger partial charge < -0.3 is 10.5 Å². The maximum atomic E-state index is 12.1. The maximum Gasteiger partial charge on any atom is 0.289 e. The average Bonchev–Trinajstić information content (AvgIpc) is 2.36. The molecule has 0 radical (unpaired) electrons. The van der Waals surface area contributed by atoms with Crippen molar-refractivity contribution in [2.45, 2.75) is 24.3 Å². The van der Waals surface area contributed by atoms with Crippen molar-refractivity contribution in [1.82, 2.24) is 4.72 Å². The van der Waals surface area contributed by atoms with Gasteiger partial charge >= 0.3 is 0 Å². The summed E-state index contributed by atoms with van der Waals surface area (Å²) in [5.41, 5.74) is 4.36. The SMILES string of the molecule is COC(C)(C)CNS(=O)(=O)c1cc(N)ccc1[N+](=O)[O-]. The Hall–Kier alpha value is -1.71. The molecule has 0 aromatic heterocycles. The second-order valence-corrected chi connectivity index (χ2v) is 6.51. The van der Waals surface area contributed by atoms with Crippen LogP contribution in [0.1, 0.15) is 13.8 Å². The quantitative estimate of drug-likeness (QED) is 0.456. The van der Waals surface area contributed by atoms with Crippen LogP contribution in [0.25, 0.3) is 0 Å². The number of methoxy groups -OCH3 is 1. The van der Waals surface area contributed by atoms with Gasteiger partial charge in [-0.1, -0.05) is 0 Å². The van der Waals surface area contributed by atoms with Crippen LogP contribution in [0.15, 0.2) is 23.1 Å². The number of anilines is 1. The number of nitrogens with two attached hydrogens (primary N) is 1. The summed E-state index contributed by atoms with van der Waals surface area (Å²) in [5, 5.41) is 10.9.